The van der Waals surface area contributed by atoms with Gasteiger partial charge in [-0.25, -0.2) is 4.98 Å². The van der Waals surface area contributed by atoms with Crippen LogP contribution in [0, 0.1) is 0 Å². The second-order valence-corrected chi connectivity index (χ2v) is 4.51. The topological polar surface area (TPSA) is 68.4 Å². The summed E-state index contributed by atoms with van der Waals surface area (Å²) in [5, 5.41) is 10.4. The quantitative estimate of drug-likeness (QED) is 0.780. The number of pyridine rings is 1. The average molecular weight is 252 g/mol. The van der Waals surface area contributed by atoms with Gasteiger partial charge in [0.2, 0.25) is 0 Å². The highest BCUT2D eigenvalue weighted by molar-refractivity contribution is 5.32. The molecule has 4 nitrogen and oxygen atoms in total. The monoisotopic (exact) mass is 252 g/mol. The number of nitrogens with two attached hydrogens (primary N) is 1. The highest BCUT2D eigenvalue weighted by Gasteiger charge is 2.35. The molecule has 0 aliphatic carbocycles. The standard InChI is InChI=1S/C14H24N2O2/c1-4-14(5-2,18-6-3)12(17)9-11-7-8-16-13(15)10-11/h7-8,10,12,17H,4-6,9H2,1-3H3,(H2,15,16). The predicted molar refractivity (Wildman–Crippen MR) is 73.3 cm³/mol. The molecule has 3 N–H and O–H groups in total. The van der Waals surface area contributed by atoms with Crippen LogP contribution in [-0.4, -0.2) is 28.4 Å². The molecule has 0 aliphatic rings. The summed E-state index contributed by atoms with van der Waals surface area (Å²) in [5.41, 5.74) is 6.16. The first kappa shape index (κ1) is 14.9. The van der Waals surface area contributed by atoms with Crippen LogP contribution in [0.25, 0.3) is 0 Å². The molecule has 1 rings (SSSR count). The van der Waals surface area contributed by atoms with Crippen molar-refractivity contribution in [2.45, 2.75) is 51.7 Å². The summed E-state index contributed by atoms with van der Waals surface area (Å²) in [4.78, 5) is 3.95. The first-order valence-corrected chi connectivity index (χ1v) is 6.60. The molecule has 102 valence electrons. The van der Waals surface area contributed by atoms with E-state index in [9.17, 15) is 5.11 Å². The SMILES string of the molecule is CCOC(CC)(CC)C(O)Cc1ccnc(N)c1. The Hall–Kier alpha value is -1.13. The van der Waals surface area contributed by atoms with Gasteiger partial charge in [-0.1, -0.05) is 13.8 Å². The third-order valence-corrected chi connectivity index (χ3v) is 3.51. The van der Waals surface area contributed by atoms with Gasteiger partial charge in [0, 0.05) is 19.2 Å². The summed E-state index contributed by atoms with van der Waals surface area (Å²) in [6, 6.07) is 3.67. The minimum Gasteiger partial charge on any atom is -0.390 e. The lowest BCUT2D eigenvalue weighted by atomic mass is 9.86. The van der Waals surface area contributed by atoms with Gasteiger partial charge in [0.25, 0.3) is 0 Å². The fraction of sp³-hybridized carbons (Fsp3) is 0.643. The van der Waals surface area contributed by atoms with Crippen LogP contribution >= 0.6 is 0 Å². The predicted octanol–water partition coefficient (Wildman–Crippen LogP) is 2.16. The molecule has 1 aromatic heterocycles. The van der Waals surface area contributed by atoms with E-state index in [4.69, 9.17) is 10.5 Å². The Kier molecular flexibility index (Phi) is 5.56. The molecule has 0 spiro atoms. The molecule has 4 heteroatoms. The molecule has 18 heavy (non-hydrogen) atoms. The van der Waals surface area contributed by atoms with Gasteiger partial charge in [-0.2, -0.15) is 0 Å². The highest BCUT2D eigenvalue weighted by Crippen LogP contribution is 2.27. The van der Waals surface area contributed by atoms with E-state index in [0.717, 1.165) is 18.4 Å². The van der Waals surface area contributed by atoms with Gasteiger partial charge in [-0.15, -0.1) is 0 Å². The number of ether oxygens (including phenoxy) is 1. The van der Waals surface area contributed by atoms with Crippen LogP contribution < -0.4 is 5.73 Å². The Bertz CT molecular complexity index is 365. The Labute approximate surface area is 109 Å². The molecular formula is C14H24N2O2. The molecule has 0 radical (unpaired) electrons. The summed E-state index contributed by atoms with van der Waals surface area (Å²) in [5.74, 6) is 0.481. The summed E-state index contributed by atoms with van der Waals surface area (Å²) < 4.78 is 5.80. The van der Waals surface area contributed by atoms with Crippen LogP contribution in [0.4, 0.5) is 5.82 Å². The molecule has 0 saturated heterocycles. The lowest BCUT2D eigenvalue weighted by Gasteiger charge is -2.36. The molecule has 1 aromatic rings. The van der Waals surface area contributed by atoms with E-state index in [1.54, 1.807) is 12.3 Å². The zero-order chi connectivity index (χ0) is 13.6. The number of nitrogen functional groups attached to an aromatic ring is 1. The molecule has 1 heterocycles. The number of nitrogens with zero attached hydrogens (tertiary/aromatic N) is 1. The van der Waals surface area contributed by atoms with Gasteiger partial charge >= 0.3 is 0 Å². The van der Waals surface area contributed by atoms with Gasteiger partial charge in [0.05, 0.1) is 11.7 Å². The van der Waals surface area contributed by atoms with Crippen LogP contribution in [-0.2, 0) is 11.2 Å². The van der Waals surface area contributed by atoms with E-state index in [2.05, 4.69) is 4.98 Å². The fourth-order valence-corrected chi connectivity index (χ4v) is 2.34. The maximum absolute atomic E-state index is 10.4. The molecule has 0 aliphatic heterocycles. The average Bonchev–Trinajstić information content (AvgIpc) is 2.36. The largest absolute Gasteiger partial charge is 0.390 e. The van der Waals surface area contributed by atoms with Gasteiger partial charge in [-0.3, -0.25) is 0 Å². The number of aromatic nitrogens is 1. The minimum absolute atomic E-state index is 0.465. The Morgan fingerprint density at radius 2 is 2.06 bits per heavy atom. The zero-order valence-corrected chi connectivity index (χ0v) is 11.5. The third kappa shape index (κ3) is 3.43. The van der Waals surface area contributed by atoms with Gasteiger partial charge in [-0.05, 0) is 37.5 Å². The summed E-state index contributed by atoms with van der Waals surface area (Å²) in [6.07, 6.45) is 3.25. The lowest BCUT2D eigenvalue weighted by molar-refractivity contribution is -0.124. The highest BCUT2D eigenvalue weighted by atomic mass is 16.5. The first-order chi connectivity index (χ1) is 8.57. The van der Waals surface area contributed by atoms with Crippen LogP contribution in [0.1, 0.15) is 39.2 Å². The number of aliphatic hydroxyl groups is 1. The third-order valence-electron chi connectivity index (χ3n) is 3.51. The minimum atomic E-state index is -0.533. The van der Waals surface area contributed by atoms with Crippen molar-refractivity contribution in [2.75, 3.05) is 12.3 Å². The second kappa shape index (κ2) is 6.71. The van der Waals surface area contributed by atoms with Crippen LogP contribution in [0.3, 0.4) is 0 Å². The molecule has 0 amide bonds. The Balaban J connectivity index is 2.81. The van der Waals surface area contributed by atoms with Crippen molar-refractivity contribution in [3.8, 4) is 0 Å². The molecule has 0 saturated carbocycles. The fourth-order valence-electron chi connectivity index (χ4n) is 2.34. The number of aliphatic hydroxyl groups excluding tert-OH is 1. The first-order valence-electron chi connectivity index (χ1n) is 6.60. The smallest absolute Gasteiger partial charge is 0.123 e. The van der Waals surface area contributed by atoms with Gasteiger partial charge < -0.3 is 15.6 Å². The summed E-state index contributed by atoms with van der Waals surface area (Å²) in [6.45, 7) is 6.65. The molecule has 1 unspecified atom stereocenters. The van der Waals surface area contributed by atoms with E-state index in [1.807, 2.05) is 26.8 Å². The van der Waals surface area contributed by atoms with Crippen LogP contribution in [0.2, 0.25) is 0 Å². The Morgan fingerprint density at radius 3 is 2.56 bits per heavy atom. The molecule has 0 bridgehead atoms. The molecular weight excluding hydrogens is 228 g/mol. The zero-order valence-electron chi connectivity index (χ0n) is 11.5. The van der Waals surface area contributed by atoms with Crippen molar-refractivity contribution in [1.82, 2.24) is 4.98 Å². The number of rotatable bonds is 7. The van der Waals surface area contributed by atoms with E-state index in [1.165, 1.54) is 0 Å². The van der Waals surface area contributed by atoms with Gasteiger partial charge in [0.1, 0.15) is 5.82 Å². The van der Waals surface area contributed by atoms with Crippen molar-refractivity contribution in [3.63, 3.8) is 0 Å². The van der Waals surface area contributed by atoms with E-state index in [0.29, 0.717) is 18.8 Å². The van der Waals surface area contributed by atoms with Crippen molar-refractivity contribution in [2.24, 2.45) is 0 Å². The van der Waals surface area contributed by atoms with Crippen molar-refractivity contribution >= 4 is 5.82 Å². The van der Waals surface area contributed by atoms with Crippen molar-refractivity contribution < 1.29 is 9.84 Å². The van der Waals surface area contributed by atoms with Gasteiger partial charge in [0.15, 0.2) is 0 Å². The number of hydrogen-bond donors (Lipinski definition) is 2. The maximum Gasteiger partial charge on any atom is 0.123 e. The molecule has 0 fully saturated rings. The maximum atomic E-state index is 10.4. The normalized spacial score (nSPS) is 13.6. The molecule has 1 atom stereocenters. The number of anilines is 1. The van der Waals surface area contributed by atoms with Crippen LogP contribution in [0.15, 0.2) is 18.3 Å². The lowest BCUT2D eigenvalue weighted by Crippen LogP contribution is -2.45. The van der Waals surface area contributed by atoms with E-state index < -0.39 is 11.7 Å². The van der Waals surface area contributed by atoms with E-state index in [-0.39, 0.29) is 0 Å². The second-order valence-electron chi connectivity index (χ2n) is 4.51. The Morgan fingerprint density at radius 1 is 1.39 bits per heavy atom. The van der Waals surface area contributed by atoms with Crippen LogP contribution in [0.5, 0.6) is 0 Å². The van der Waals surface area contributed by atoms with Crippen molar-refractivity contribution in [1.29, 1.82) is 0 Å². The summed E-state index contributed by atoms with van der Waals surface area (Å²) in [7, 11) is 0. The number of hydrogen-bond acceptors (Lipinski definition) is 4. The summed E-state index contributed by atoms with van der Waals surface area (Å²) >= 11 is 0. The van der Waals surface area contributed by atoms with Crippen molar-refractivity contribution in [3.05, 3.63) is 23.9 Å². The van der Waals surface area contributed by atoms with E-state index >= 15 is 0 Å². The molecule has 0 aromatic carbocycles.